The molecule has 1 saturated heterocycles. The van der Waals surface area contributed by atoms with Crippen molar-refractivity contribution in [1.82, 2.24) is 10.2 Å². The highest BCUT2D eigenvalue weighted by molar-refractivity contribution is 4.90. The van der Waals surface area contributed by atoms with Gasteiger partial charge in [0.2, 0.25) is 0 Å². The zero-order chi connectivity index (χ0) is 13.8. The Morgan fingerprint density at radius 2 is 1.68 bits per heavy atom. The van der Waals surface area contributed by atoms with E-state index in [-0.39, 0.29) is 0 Å². The average Bonchev–Trinajstić information content (AvgIpc) is 2.43. The number of nitrogens with one attached hydrogen (secondary N) is 1. The molecule has 1 heterocycles. The van der Waals surface area contributed by atoms with E-state index in [0.29, 0.717) is 5.41 Å². The molecule has 1 spiro atoms. The normalized spacial score (nSPS) is 27.3. The average molecular weight is 266 g/mol. The molecule has 2 fully saturated rings. The van der Waals surface area contributed by atoms with Crippen LogP contribution in [-0.2, 0) is 0 Å². The quantitative estimate of drug-likeness (QED) is 0.817. The third kappa shape index (κ3) is 3.95. The molecule has 0 amide bonds. The molecule has 2 aliphatic rings. The topological polar surface area (TPSA) is 15.3 Å². The van der Waals surface area contributed by atoms with Crippen molar-refractivity contribution in [3.63, 3.8) is 0 Å². The van der Waals surface area contributed by atoms with E-state index >= 15 is 0 Å². The van der Waals surface area contributed by atoms with Crippen LogP contribution in [0.1, 0.15) is 65.2 Å². The SMILES string of the molecule is CCC(C)(CNC)CN1CCC2(CCCCC2)CC1. The first-order valence-electron chi connectivity index (χ1n) is 8.48. The van der Waals surface area contributed by atoms with Gasteiger partial charge in [0.25, 0.3) is 0 Å². The van der Waals surface area contributed by atoms with Crippen molar-refractivity contribution in [1.29, 1.82) is 0 Å². The third-order valence-electron chi connectivity index (χ3n) is 5.89. The van der Waals surface area contributed by atoms with Crippen molar-refractivity contribution >= 4 is 0 Å². The molecule has 0 aromatic rings. The van der Waals surface area contributed by atoms with Gasteiger partial charge in [-0.2, -0.15) is 0 Å². The second-order valence-corrected chi connectivity index (χ2v) is 7.53. The maximum absolute atomic E-state index is 3.38. The Balaban J connectivity index is 1.82. The van der Waals surface area contributed by atoms with Gasteiger partial charge in [0.1, 0.15) is 0 Å². The molecular formula is C17H34N2. The number of nitrogens with zero attached hydrogens (tertiary/aromatic N) is 1. The Bertz CT molecular complexity index is 260. The van der Waals surface area contributed by atoms with Crippen LogP contribution < -0.4 is 5.32 Å². The van der Waals surface area contributed by atoms with Gasteiger partial charge in [0, 0.05) is 13.1 Å². The molecule has 2 rings (SSSR count). The van der Waals surface area contributed by atoms with E-state index in [9.17, 15) is 0 Å². The second kappa shape index (κ2) is 6.58. The zero-order valence-electron chi connectivity index (χ0n) is 13.4. The van der Waals surface area contributed by atoms with Gasteiger partial charge in [0.15, 0.2) is 0 Å². The predicted molar refractivity (Wildman–Crippen MR) is 83.5 cm³/mol. The molecule has 1 aliphatic carbocycles. The summed E-state index contributed by atoms with van der Waals surface area (Å²) in [5, 5.41) is 3.38. The summed E-state index contributed by atoms with van der Waals surface area (Å²) in [7, 11) is 2.08. The highest BCUT2D eigenvalue weighted by Gasteiger charge is 2.36. The fourth-order valence-electron chi connectivity index (χ4n) is 4.25. The summed E-state index contributed by atoms with van der Waals surface area (Å²) < 4.78 is 0. The number of likely N-dealkylation sites (tertiary alicyclic amines) is 1. The Morgan fingerprint density at radius 1 is 1.05 bits per heavy atom. The van der Waals surface area contributed by atoms with Gasteiger partial charge >= 0.3 is 0 Å². The molecule has 2 nitrogen and oxygen atoms in total. The Labute approximate surface area is 120 Å². The maximum atomic E-state index is 3.38. The molecule has 0 aromatic carbocycles. The monoisotopic (exact) mass is 266 g/mol. The summed E-state index contributed by atoms with van der Waals surface area (Å²) in [5.74, 6) is 0. The summed E-state index contributed by atoms with van der Waals surface area (Å²) in [6.45, 7) is 9.89. The van der Waals surface area contributed by atoms with Crippen LogP contribution in [0.3, 0.4) is 0 Å². The maximum Gasteiger partial charge on any atom is 0.00474 e. The molecule has 19 heavy (non-hydrogen) atoms. The standard InChI is InChI=1S/C17H34N2/c1-4-16(2,14-18-3)15-19-12-10-17(11-13-19)8-6-5-7-9-17/h18H,4-15H2,1-3H3. The molecular weight excluding hydrogens is 232 g/mol. The van der Waals surface area contributed by atoms with E-state index in [2.05, 4.69) is 31.1 Å². The van der Waals surface area contributed by atoms with Crippen LogP contribution in [0.2, 0.25) is 0 Å². The van der Waals surface area contributed by atoms with Crippen molar-refractivity contribution in [2.75, 3.05) is 33.2 Å². The van der Waals surface area contributed by atoms with Crippen LogP contribution in [0.25, 0.3) is 0 Å². The highest BCUT2D eigenvalue weighted by Crippen LogP contribution is 2.44. The lowest BCUT2D eigenvalue weighted by Crippen LogP contribution is -2.47. The van der Waals surface area contributed by atoms with Crippen molar-refractivity contribution in [3.8, 4) is 0 Å². The minimum absolute atomic E-state index is 0.450. The van der Waals surface area contributed by atoms with E-state index in [1.807, 2.05) is 0 Å². The van der Waals surface area contributed by atoms with Gasteiger partial charge in [-0.3, -0.25) is 0 Å². The summed E-state index contributed by atoms with van der Waals surface area (Å²) in [6, 6.07) is 0. The Hall–Kier alpha value is -0.0800. The van der Waals surface area contributed by atoms with Crippen LogP contribution >= 0.6 is 0 Å². The smallest absolute Gasteiger partial charge is 0.00474 e. The summed E-state index contributed by atoms with van der Waals surface area (Å²) in [6.07, 6.45) is 11.7. The van der Waals surface area contributed by atoms with Gasteiger partial charge in [-0.05, 0) is 63.1 Å². The highest BCUT2D eigenvalue weighted by atomic mass is 15.1. The van der Waals surface area contributed by atoms with E-state index in [4.69, 9.17) is 0 Å². The van der Waals surface area contributed by atoms with Crippen molar-refractivity contribution < 1.29 is 0 Å². The van der Waals surface area contributed by atoms with E-state index < -0.39 is 0 Å². The van der Waals surface area contributed by atoms with Gasteiger partial charge in [0.05, 0.1) is 0 Å². The van der Waals surface area contributed by atoms with Gasteiger partial charge < -0.3 is 10.2 Å². The van der Waals surface area contributed by atoms with Crippen LogP contribution in [0.15, 0.2) is 0 Å². The first kappa shape index (κ1) is 15.3. The molecule has 112 valence electrons. The molecule has 0 radical (unpaired) electrons. The summed E-state index contributed by atoms with van der Waals surface area (Å²) in [4.78, 5) is 2.74. The second-order valence-electron chi connectivity index (χ2n) is 7.53. The minimum atomic E-state index is 0.450. The number of piperidine rings is 1. The van der Waals surface area contributed by atoms with E-state index in [1.54, 1.807) is 0 Å². The Kier molecular flexibility index (Phi) is 5.30. The minimum Gasteiger partial charge on any atom is -0.319 e. The predicted octanol–water partition coefficient (Wildman–Crippen LogP) is 3.67. The lowest BCUT2D eigenvalue weighted by molar-refractivity contribution is 0.0445. The lowest BCUT2D eigenvalue weighted by atomic mass is 9.68. The summed E-state index contributed by atoms with van der Waals surface area (Å²) in [5.41, 5.74) is 1.20. The number of hydrogen-bond donors (Lipinski definition) is 1. The number of rotatable bonds is 5. The lowest BCUT2D eigenvalue weighted by Gasteiger charge is -2.46. The van der Waals surface area contributed by atoms with Crippen LogP contribution in [0.5, 0.6) is 0 Å². The van der Waals surface area contributed by atoms with Crippen LogP contribution in [0.4, 0.5) is 0 Å². The molecule has 1 N–H and O–H groups in total. The fourth-order valence-corrected chi connectivity index (χ4v) is 4.25. The van der Waals surface area contributed by atoms with Crippen molar-refractivity contribution in [3.05, 3.63) is 0 Å². The number of hydrogen-bond acceptors (Lipinski definition) is 2. The van der Waals surface area contributed by atoms with Crippen molar-refractivity contribution in [2.24, 2.45) is 10.8 Å². The molecule has 0 bridgehead atoms. The largest absolute Gasteiger partial charge is 0.319 e. The van der Waals surface area contributed by atoms with Gasteiger partial charge in [-0.15, -0.1) is 0 Å². The Morgan fingerprint density at radius 3 is 2.21 bits per heavy atom. The molecule has 1 aliphatic heterocycles. The molecule has 1 atom stereocenters. The van der Waals surface area contributed by atoms with E-state index in [0.717, 1.165) is 12.0 Å². The van der Waals surface area contributed by atoms with Crippen molar-refractivity contribution in [2.45, 2.75) is 65.2 Å². The molecule has 2 heteroatoms. The van der Waals surface area contributed by atoms with E-state index in [1.165, 1.54) is 71.0 Å². The van der Waals surface area contributed by atoms with Gasteiger partial charge in [-0.25, -0.2) is 0 Å². The van der Waals surface area contributed by atoms with Crippen LogP contribution in [-0.4, -0.2) is 38.1 Å². The molecule has 1 saturated carbocycles. The fraction of sp³-hybridized carbons (Fsp3) is 1.00. The molecule has 1 unspecified atom stereocenters. The molecule has 0 aromatic heterocycles. The van der Waals surface area contributed by atoms with Gasteiger partial charge in [-0.1, -0.05) is 33.1 Å². The first-order valence-corrected chi connectivity index (χ1v) is 8.48. The summed E-state index contributed by atoms with van der Waals surface area (Å²) >= 11 is 0. The van der Waals surface area contributed by atoms with Crippen LogP contribution in [0, 0.1) is 10.8 Å². The zero-order valence-corrected chi connectivity index (χ0v) is 13.4. The third-order valence-corrected chi connectivity index (χ3v) is 5.89. The first-order chi connectivity index (χ1) is 9.11.